The first-order valence-corrected chi connectivity index (χ1v) is 10.2. The molecule has 0 aliphatic carbocycles. The van der Waals surface area contributed by atoms with Crippen LogP contribution in [0, 0.1) is 0 Å². The predicted molar refractivity (Wildman–Crippen MR) is 116 cm³/mol. The number of halogens is 1. The van der Waals surface area contributed by atoms with Crippen LogP contribution in [-0.2, 0) is 0 Å². The summed E-state index contributed by atoms with van der Waals surface area (Å²) in [5.74, 6) is 0.0414. The van der Waals surface area contributed by atoms with Crippen molar-refractivity contribution < 1.29 is 4.79 Å². The number of hydrogen-bond acceptors (Lipinski definition) is 4. The van der Waals surface area contributed by atoms with E-state index in [1.807, 2.05) is 61.5 Å². The van der Waals surface area contributed by atoms with Crippen LogP contribution in [0.2, 0.25) is 5.02 Å². The van der Waals surface area contributed by atoms with Gasteiger partial charge in [0.1, 0.15) is 10.7 Å². The van der Waals surface area contributed by atoms with Crippen molar-refractivity contribution in [1.82, 2.24) is 10.2 Å². The van der Waals surface area contributed by atoms with Gasteiger partial charge in [-0.25, -0.2) is 0 Å². The molecule has 0 N–H and O–H groups in total. The lowest BCUT2D eigenvalue weighted by Crippen LogP contribution is -2.13. The smallest absolute Gasteiger partial charge is 0.175 e. The molecule has 5 heteroatoms. The van der Waals surface area contributed by atoms with Crippen LogP contribution in [0.4, 0.5) is 0 Å². The molecule has 1 atom stereocenters. The Morgan fingerprint density at radius 1 is 0.857 bits per heavy atom. The minimum absolute atomic E-state index is 0.0414. The van der Waals surface area contributed by atoms with Gasteiger partial charge in [-0.05, 0) is 31.2 Å². The summed E-state index contributed by atoms with van der Waals surface area (Å²) in [6.45, 7) is 1.89. The van der Waals surface area contributed by atoms with Gasteiger partial charge >= 0.3 is 0 Å². The maximum atomic E-state index is 12.8. The van der Waals surface area contributed by atoms with Gasteiger partial charge in [0.25, 0.3) is 0 Å². The molecule has 0 spiro atoms. The zero-order chi connectivity index (χ0) is 19.5. The largest absolute Gasteiger partial charge is 0.293 e. The normalized spacial score (nSPS) is 12.1. The maximum absolute atomic E-state index is 12.8. The third-order valence-electron chi connectivity index (χ3n) is 4.49. The molecule has 0 saturated heterocycles. The van der Waals surface area contributed by atoms with Gasteiger partial charge in [0, 0.05) is 26.9 Å². The standard InChI is InChI=1S/C23H17ClN2OS/c1-15(22(27)17-11-13-18(24)14-12-17)28-23-20-10-6-5-9-19(20)21(25-26-23)16-7-3-2-4-8-16/h2-15H,1H3/t15-/m1/s1. The molecular weight excluding hydrogens is 388 g/mol. The highest BCUT2D eigenvalue weighted by Gasteiger charge is 2.20. The molecule has 0 aliphatic rings. The van der Waals surface area contributed by atoms with Crippen LogP contribution < -0.4 is 0 Å². The second-order valence-corrected chi connectivity index (χ2v) is 8.16. The summed E-state index contributed by atoms with van der Waals surface area (Å²) in [6, 6.07) is 25.0. The Morgan fingerprint density at radius 3 is 2.21 bits per heavy atom. The summed E-state index contributed by atoms with van der Waals surface area (Å²) >= 11 is 7.35. The van der Waals surface area contributed by atoms with E-state index in [0.717, 1.165) is 27.1 Å². The number of carbonyl (C=O) groups excluding carboxylic acids is 1. The second kappa shape index (κ2) is 8.13. The lowest BCUT2D eigenvalue weighted by molar-refractivity contribution is 0.0994. The summed E-state index contributed by atoms with van der Waals surface area (Å²) in [6.07, 6.45) is 0. The van der Waals surface area contributed by atoms with Crippen molar-refractivity contribution in [2.24, 2.45) is 0 Å². The zero-order valence-corrected chi connectivity index (χ0v) is 16.7. The number of ketones is 1. The fraction of sp³-hybridized carbons (Fsp3) is 0.0870. The minimum atomic E-state index is -0.290. The van der Waals surface area contributed by atoms with Crippen molar-refractivity contribution in [2.75, 3.05) is 0 Å². The molecule has 1 heterocycles. The average Bonchev–Trinajstić information content (AvgIpc) is 2.74. The highest BCUT2D eigenvalue weighted by atomic mass is 35.5. The van der Waals surface area contributed by atoms with E-state index in [2.05, 4.69) is 10.2 Å². The van der Waals surface area contributed by atoms with Gasteiger partial charge in [-0.2, -0.15) is 0 Å². The van der Waals surface area contributed by atoms with E-state index in [9.17, 15) is 4.79 Å². The Morgan fingerprint density at radius 2 is 1.50 bits per heavy atom. The molecule has 4 aromatic rings. The molecule has 138 valence electrons. The highest BCUT2D eigenvalue weighted by Crippen LogP contribution is 2.34. The van der Waals surface area contributed by atoms with Crippen LogP contribution in [0.1, 0.15) is 17.3 Å². The Balaban J connectivity index is 1.68. The van der Waals surface area contributed by atoms with Crippen LogP contribution in [0.15, 0.2) is 83.9 Å². The van der Waals surface area contributed by atoms with Gasteiger partial charge in [0.15, 0.2) is 5.78 Å². The molecule has 1 aromatic heterocycles. The number of fused-ring (bicyclic) bond motifs is 1. The number of nitrogens with zero attached hydrogens (tertiary/aromatic N) is 2. The number of carbonyl (C=O) groups is 1. The molecule has 0 radical (unpaired) electrons. The van der Waals surface area contributed by atoms with Crippen molar-refractivity contribution in [2.45, 2.75) is 17.2 Å². The molecule has 28 heavy (non-hydrogen) atoms. The second-order valence-electron chi connectivity index (χ2n) is 6.40. The van der Waals surface area contributed by atoms with Crippen molar-refractivity contribution in [1.29, 1.82) is 0 Å². The maximum Gasteiger partial charge on any atom is 0.175 e. The van der Waals surface area contributed by atoms with E-state index < -0.39 is 0 Å². The van der Waals surface area contributed by atoms with Gasteiger partial charge in [-0.15, -0.1) is 10.2 Å². The number of hydrogen-bond donors (Lipinski definition) is 0. The first-order chi connectivity index (χ1) is 13.6. The Labute approximate surface area is 172 Å². The van der Waals surface area contributed by atoms with Gasteiger partial charge in [0.2, 0.25) is 0 Å². The van der Waals surface area contributed by atoms with E-state index in [1.54, 1.807) is 24.3 Å². The van der Waals surface area contributed by atoms with E-state index in [-0.39, 0.29) is 11.0 Å². The number of benzene rings is 3. The van der Waals surface area contributed by atoms with Crippen LogP contribution in [-0.4, -0.2) is 21.2 Å². The van der Waals surface area contributed by atoms with Crippen LogP contribution in [0.5, 0.6) is 0 Å². The third kappa shape index (κ3) is 3.79. The van der Waals surface area contributed by atoms with E-state index in [1.165, 1.54) is 11.8 Å². The van der Waals surface area contributed by atoms with Crippen LogP contribution >= 0.6 is 23.4 Å². The van der Waals surface area contributed by atoms with Crippen molar-refractivity contribution in [3.05, 3.63) is 89.4 Å². The Kier molecular flexibility index (Phi) is 5.42. The summed E-state index contributed by atoms with van der Waals surface area (Å²) in [5, 5.41) is 12.0. The molecule has 3 aromatic carbocycles. The first kappa shape index (κ1) is 18.7. The lowest BCUT2D eigenvalue weighted by Gasteiger charge is -2.13. The molecule has 0 fully saturated rings. The van der Waals surface area contributed by atoms with Gasteiger partial charge in [-0.3, -0.25) is 4.79 Å². The van der Waals surface area contributed by atoms with Crippen molar-refractivity contribution in [3.8, 4) is 11.3 Å². The fourth-order valence-electron chi connectivity index (χ4n) is 3.05. The summed E-state index contributed by atoms with van der Waals surface area (Å²) < 4.78 is 0. The van der Waals surface area contributed by atoms with E-state index in [0.29, 0.717) is 10.6 Å². The van der Waals surface area contributed by atoms with Gasteiger partial charge < -0.3 is 0 Å². The zero-order valence-electron chi connectivity index (χ0n) is 15.2. The summed E-state index contributed by atoms with van der Waals surface area (Å²) in [7, 11) is 0. The fourth-order valence-corrected chi connectivity index (χ4v) is 4.14. The Bertz CT molecular complexity index is 1130. The van der Waals surface area contributed by atoms with Gasteiger partial charge in [-0.1, -0.05) is 78.0 Å². The predicted octanol–water partition coefficient (Wildman–Crippen LogP) is 6.31. The Hall–Kier alpha value is -2.69. The first-order valence-electron chi connectivity index (χ1n) is 8.91. The average molecular weight is 405 g/mol. The third-order valence-corrected chi connectivity index (χ3v) is 5.83. The number of rotatable bonds is 5. The highest BCUT2D eigenvalue weighted by molar-refractivity contribution is 8.00. The summed E-state index contributed by atoms with van der Waals surface area (Å²) in [4.78, 5) is 12.8. The summed E-state index contributed by atoms with van der Waals surface area (Å²) in [5.41, 5.74) is 2.51. The molecule has 0 aliphatic heterocycles. The lowest BCUT2D eigenvalue weighted by atomic mass is 10.1. The van der Waals surface area contributed by atoms with Crippen LogP contribution in [0.3, 0.4) is 0 Å². The molecular formula is C23H17ClN2OS. The van der Waals surface area contributed by atoms with Crippen LogP contribution in [0.25, 0.3) is 22.0 Å². The SMILES string of the molecule is C[C@@H](Sc1nnc(-c2ccccc2)c2ccccc12)C(=O)c1ccc(Cl)cc1. The monoisotopic (exact) mass is 404 g/mol. The molecule has 0 bridgehead atoms. The molecule has 4 rings (SSSR count). The number of thioether (sulfide) groups is 1. The number of aromatic nitrogens is 2. The minimum Gasteiger partial charge on any atom is -0.293 e. The van der Waals surface area contributed by atoms with Crippen molar-refractivity contribution in [3.63, 3.8) is 0 Å². The van der Waals surface area contributed by atoms with Gasteiger partial charge in [0.05, 0.1) is 5.25 Å². The molecule has 3 nitrogen and oxygen atoms in total. The molecule has 0 saturated carbocycles. The van der Waals surface area contributed by atoms with E-state index in [4.69, 9.17) is 11.6 Å². The number of Topliss-reactive ketones (excluding diaryl/α,β-unsaturated/α-hetero) is 1. The molecule has 0 unspecified atom stereocenters. The quantitative estimate of drug-likeness (QED) is 0.288. The topological polar surface area (TPSA) is 42.9 Å². The molecule has 0 amide bonds. The van der Waals surface area contributed by atoms with E-state index >= 15 is 0 Å². The van der Waals surface area contributed by atoms with Crippen molar-refractivity contribution >= 4 is 39.9 Å².